The van der Waals surface area contributed by atoms with Crippen molar-refractivity contribution in [3.05, 3.63) is 24.3 Å². The maximum absolute atomic E-state index is 12.0. The van der Waals surface area contributed by atoms with Crippen LogP contribution in [0, 0.1) is 0 Å². The molecule has 7 heteroatoms. The van der Waals surface area contributed by atoms with Crippen LogP contribution in [0.5, 0.6) is 0 Å². The van der Waals surface area contributed by atoms with Gasteiger partial charge in [-0.2, -0.15) is 4.31 Å². The van der Waals surface area contributed by atoms with E-state index in [2.05, 4.69) is 0 Å². The normalized spacial score (nSPS) is 20.8. The molecule has 19 heavy (non-hydrogen) atoms. The second-order valence-electron chi connectivity index (χ2n) is 4.54. The minimum atomic E-state index is -3.25. The van der Waals surface area contributed by atoms with E-state index in [4.69, 9.17) is 5.73 Å². The van der Waals surface area contributed by atoms with Gasteiger partial charge in [0.25, 0.3) is 0 Å². The average Bonchev–Trinajstić information content (AvgIpc) is 2.76. The van der Waals surface area contributed by atoms with Gasteiger partial charge in [-0.05, 0) is 24.6 Å². The Labute approximate surface area is 117 Å². The highest BCUT2D eigenvalue weighted by Crippen LogP contribution is 2.21. The Bertz CT molecular complexity index is 534. The van der Waals surface area contributed by atoms with Gasteiger partial charge in [0.1, 0.15) is 0 Å². The third kappa shape index (κ3) is 4.10. The molecule has 106 valence electrons. The molecule has 0 radical (unpaired) electrons. The molecule has 0 spiro atoms. The van der Waals surface area contributed by atoms with Crippen LogP contribution in [0.3, 0.4) is 0 Å². The lowest BCUT2D eigenvalue weighted by atomic mass is 10.3. The molecule has 1 aromatic rings. The molecule has 3 N–H and O–H groups in total. The van der Waals surface area contributed by atoms with Gasteiger partial charge in [0.15, 0.2) is 0 Å². The van der Waals surface area contributed by atoms with Gasteiger partial charge in [-0.25, -0.2) is 8.42 Å². The molecule has 0 unspecified atom stereocenters. The zero-order valence-corrected chi connectivity index (χ0v) is 12.2. The van der Waals surface area contributed by atoms with E-state index in [0.717, 1.165) is 4.90 Å². The Hall–Kier alpha value is -0.760. The molecule has 1 aliphatic rings. The summed E-state index contributed by atoms with van der Waals surface area (Å²) in [6.07, 6.45) is 0.0121. The molecule has 0 aliphatic carbocycles. The fraction of sp³-hybridized carbons (Fsp3) is 0.500. The Morgan fingerprint density at radius 2 is 2.26 bits per heavy atom. The van der Waals surface area contributed by atoms with Crippen LogP contribution in [0.15, 0.2) is 29.2 Å². The molecule has 0 bridgehead atoms. The van der Waals surface area contributed by atoms with Crippen molar-refractivity contribution < 1.29 is 13.5 Å². The van der Waals surface area contributed by atoms with E-state index in [-0.39, 0.29) is 12.3 Å². The van der Waals surface area contributed by atoms with Gasteiger partial charge in [0.05, 0.1) is 11.9 Å². The van der Waals surface area contributed by atoms with Gasteiger partial charge in [-0.15, -0.1) is 11.8 Å². The topological polar surface area (TPSA) is 83.6 Å². The summed E-state index contributed by atoms with van der Waals surface area (Å²) in [4.78, 5) is 0.969. The van der Waals surface area contributed by atoms with Crippen LogP contribution in [-0.2, 0) is 10.0 Å². The van der Waals surface area contributed by atoms with Gasteiger partial charge < -0.3 is 10.8 Å². The quantitative estimate of drug-likeness (QED) is 0.619. The van der Waals surface area contributed by atoms with Crippen molar-refractivity contribution in [3.63, 3.8) is 0 Å². The van der Waals surface area contributed by atoms with Crippen LogP contribution in [0.4, 0.5) is 5.69 Å². The predicted octanol–water partition coefficient (Wildman–Crippen LogP) is 0.757. The Balaban J connectivity index is 1.85. The first-order valence-corrected chi connectivity index (χ1v) is 8.71. The lowest BCUT2D eigenvalue weighted by Gasteiger charge is -2.15. The third-order valence-corrected chi connectivity index (χ3v) is 6.08. The van der Waals surface area contributed by atoms with Crippen LogP contribution in [0.25, 0.3) is 0 Å². The van der Waals surface area contributed by atoms with Gasteiger partial charge in [0, 0.05) is 29.4 Å². The van der Waals surface area contributed by atoms with Gasteiger partial charge in [-0.3, -0.25) is 0 Å². The molecule has 1 saturated heterocycles. The van der Waals surface area contributed by atoms with E-state index in [9.17, 15) is 13.5 Å². The number of hydrogen-bond acceptors (Lipinski definition) is 5. The Kier molecular flexibility index (Phi) is 4.72. The molecule has 1 fully saturated rings. The monoisotopic (exact) mass is 302 g/mol. The van der Waals surface area contributed by atoms with E-state index in [1.165, 1.54) is 16.1 Å². The molecule has 1 atom stereocenters. The van der Waals surface area contributed by atoms with Crippen LogP contribution >= 0.6 is 11.8 Å². The largest absolute Gasteiger partial charge is 0.399 e. The molecule has 0 aromatic heterocycles. The molecule has 0 amide bonds. The highest BCUT2D eigenvalue weighted by atomic mass is 32.2. The summed E-state index contributed by atoms with van der Waals surface area (Å²) >= 11 is 1.47. The number of aliphatic hydroxyl groups is 1. The van der Waals surface area contributed by atoms with Crippen LogP contribution in [0.1, 0.15) is 6.42 Å². The van der Waals surface area contributed by atoms with Gasteiger partial charge in [0.2, 0.25) is 10.0 Å². The number of anilines is 1. The first-order chi connectivity index (χ1) is 8.97. The molecule has 0 saturated carbocycles. The predicted molar refractivity (Wildman–Crippen MR) is 77.6 cm³/mol. The van der Waals surface area contributed by atoms with Crippen molar-refractivity contribution in [2.24, 2.45) is 0 Å². The fourth-order valence-electron chi connectivity index (χ4n) is 1.96. The van der Waals surface area contributed by atoms with Gasteiger partial charge in [-0.1, -0.05) is 6.07 Å². The number of nitrogen functional groups attached to an aromatic ring is 1. The molecule has 1 aliphatic heterocycles. The van der Waals surface area contributed by atoms with Crippen molar-refractivity contribution in [2.45, 2.75) is 17.4 Å². The first-order valence-electron chi connectivity index (χ1n) is 6.11. The SMILES string of the molecule is Nc1cccc(SCCS(=O)(=O)N2CC[C@H](O)C2)c1. The second kappa shape index (κ2) is 6.13. The number of hydrogen-bond donors (Lipinski definition) is 2. The van der Waals surface area contributed by atoms with Crippen LogP contribution < -0.4 is 5.73 Å². The Morgan fingerprint density at radius 1 is 1.47 bits per heavy atom. The number of nitrogens with zero attached hydrogens (tertiary/aromatic N) is 1. The number of benzene rings is 1. The zero-order valence-electron chi connectivity index (χ0n) is 10.5. The van der Waals surface area contributed by atoms with E-state index >= 15 is 0 Å². The van der Waals surface area contributed by atoms with E-state index in [1.54, 1.807) is 6.07 Å². The van der Waals surface area contributed by atoms with Crippen molar-refractivity contribution in [2.75, 3.05) is 30.3 Å². The van der Waals surface area contributed by atoms with Crippen molar-refractivity contribution in [1.82, 2.24) is 4.31 Å². The first kappa shape index (κ1) is 14.6. The lowest BCUT2D eigenvalue weighted by Crippen LogP contribution is -2.32. The summed E-state index contributed by atoms with van der Waals surface area (Å²) in [6, 6.07) is 7.39. The summed E-state index contributed by atoms with van der Waals surface area (Å²) in [7, 11) is -3.25. The minimum Gasteiger partial charge on any atom is -0.399 e. The molecule has 5 nitrogen and oxygen atoms in total. The van der Waals surface area contributed by atoms with Crippen molar-refractivity contribution >= 4 is 27.5 Å². The molecular formula is C12H18N2O3S2. The highest BCUT2D eigenvalue weighted by molar-refractivity contribution is 8.00. The lowest BCUT2D eigenvalue weighted by molar-refractivity contribution is 0.189. The summed E-state index contributed by atoms with van der Waals surface area (Å²) in [5, 5.41) is 9.37. The summed E-state index contributed by atoms with van der Waals surface area (Å²) in [5.74, 6) is 0.567. The number of nitrogens with two attached hydrogens (primary N) is 1. The number of thioether (sulfide) groups is 1. The highest BCUT2D eigenvalue weighted by Gasteiger charge is 2.29. The smallest absolute Gasteiger partial charge is 0.215 e. The average molecular weight is 302 g/mol. The standard InChI is InChI=1S/C12H18N2O3S2/c13-10-2-1-3-12(8-10)18-6-7-19(16,17)14-5-4-11(15)9-14/h1-3,8,11,15H,4-7,9,13H2/t11-/m0/s1. The minimum absolute atomic E-state index is 0.0825. The van der Waals surface area contributed by atoms with Crippen LogP contribution in [0.2, 0.25) is 0 Å². The molecule has 1 heterocycles. The summed E-state index contributed by atoms with van der Waals surface area (Å²) in [6.45, 7) is 0.651. The summed E-state index contributed by atoms with van der Waals surface area (Å²) in [5.41, 5.74) is 6.34. The van der Waals surface area contributed by atoms with E-state index < -0.39 is 16.1 Å². The molecule has 1 aromatic carbocycles. The van der Waals surface area contributed by atoms with E-state index in [1.807, 2.05) is 18.2 Å². The third-order valence-electron chi connectivity index (χ3n) is 2.99. The number of β-amino-alcohol motifs (C(OH)–C–C–N with tert-alkyl or cyclic N) is 1. The Morgan fingerprint density at radius 3 is 2.89 bits per heavy atom. The van der Waals surface area contributed by atoms with Gasteiger partial charge >= 0.3 is 0 Å². The molecule has 2 rings (SSSR count). The van der Waals surface area contributed by atoms with Crippen molar-refractivity contribution in [3.8, 4) is 0 Å². The van der Waals surface area contributed by atoms with E-state index in [0.29, 0.717) is 24.4 Å². The number of sulfonamides is 1. The zero-order chi connectivity index (χ0) is 13.9. The summed E-state index contributed by atoms with van der Waals surface area (Å²) < 4.78 is 25.4. The van der Waals surface area contributed by atoms with Crippen molar-refractivity contribution in [1.29, 1.82) is 0 Å². The number of aliphatic hydroxyl groups excluding tert-OH is 1. The maximum Gasteiger partial charge on any atom is 0.215 e. The second-order valence-corrected chi connectivity index (χ2v) is 7.79. The van der Waals surface area contributed by atoms with Crippen LogP contribution in [-0.4, -0.2) is 48.5 Å². The maximum atomic E-state index is 12.0. The fourth-order valence-corrected chi connectivity index (χ4v) is 4.81. The number of rotatable bonds is 5. The molecular weight excluding hydrogens is 284 g/mol.